The fraction of sp³-hybridized carbons (Fsp3) is 0.367. The molecule has 1 saturated heterocycles. The minimum Gasteiger partial charge on any atom is -0.495 e. The minimum atomic E-state index is -3.80. The Balaban J connectivity index is 1.72. The standard InChI is InChI=1S/C30H33Cl2N3O4S/c1-5-39-25-19-26(38-4)27(40(36,37)35-16-6-7-17-35)18-24(25)28-33-29(2,20-8-12-22(31)13-9-20)30(3,34-28)21-10-14-23(32)15-11-21/h8-15,18-19H,5-7,16-17H2,1-4H3,(H,33,34)/t29-,30+. The molecule has 2 aliphatic rings. The first-order chi connectivity index (χ1) is 19.0. The molecule has 5 rings (SSSR count). The highest BCUT2D eigenvalue weighted by molar-refractivity contribution is 7.89. The molecule has 3 aromatic carbocycles. The van der Waals surface area contributed by atoms with Crippen LogP contribution in [0.15, 0.2) is 70.6 Å². The monoisotopic (exact) mass is 601 g/mol. The molecule has 1 N–H and O–H groups in total. The molecule has 0 amide bonds. The number of sulfonamides is 1. The summed E-state index contributed by atoms with van der Waals surface area (Å²) >= 11 is 12.5. The molecule has 40 heavy (non-hydrogen) atoms. The van der Waals surface area contributed by atoms with Crippen LogP contribution in [0.5, 0.6) is 11.5 Å². The van der Waals surface area contributed by atoms with Gasteiger partial charge in [-0.3, -0.25) is 4.99 Å². The molecule has 0 bridgehead atoms. The van der Waals surface area contributed by atoms with Gasteiger partial charge in [-0.05, 0) is 75.1 Å². The van der Waals surface area contributed by atoms with E-state index in [0.29, 0.717) is 46.9 Å². The van der Waals surface area contributed by atoms with E-state index in [1.165, 1.54) is 11.4 Å². The Morgan fingerprint density at radius 1 is 0.925 bits per heavy atom. The van der Waals surface area contributed by atoms with Gasteiger partial charge in [0.1, 0.15) is 27.8 Å². The first-order valence-corrected chi connectivity index (χ1v) is 15.5. The quantitative estimate of drug-likeness (QED) is 0.325. The summed E-state index contributed by atoms with van der Waals surface area (Å²) in [4.78, 5) is 5.35. The molecule has 10 heteroatoms. The number of aliphatic imine (C=N–C) groups is 1. The summed E-state index contributed by atoms with van der Waals surface area (Å²) in [6.07, 6.45) is 1.66. The maximum absolute atomic E-state index is 13.7. The zero-order chi connectivity index (χ0) is 28.7. The van der Waals surface area contributed by atoms with Gasteiger partial charge in [0, 0.05) is 29.2 Å². The Kier molecular flexibility index (Phi) is 7.83. The lowest BCUT2D eigenvalue weighted by Gasteiger charge is -2.40. The minimum absolute atomic E-state index is 0.0909. The average molecular weight is 603 g/mol. The van der Waals surface area contributed by atoms with Gasteiger partial charge in [0.15, 0.2) is 0 Å². The summed E-state index contributed by atoms with van der Waals surface area (Å²) < 4.78 is 40.6. The molecule has 0 saturated carbocycles. The fourth-order valence-electron chi connectivity index (χ4n) is 5.54. The fourth-order valence-corrected chi connectivity index (χ4v) is 7.48. The smallest absolute Gasteiger partial charge is 0.246 e. The molecule has 3 aromatic rings. The second-order valence-electron chi connectivity index (χ2n) is 10.3. The van der Waals surface area contributed by atoms with Crippen LogP contribution >= 0.6 is 23.2 Å². The van der Waals surface area contributed by atoms with Crippen LogP contribution < -0.4 is 14.8 Å². The summed E-state index contributed by atoms with van der Waals surface area (Å²) in [7, 11) is -2.33. The Bertz CT molecular complexity index is 1540. The van der Waals surface area contributed by atoms with Gasteiger partial charge in [0.05, 0.1) is 24.8 Å². The van der Waals surface area contributed by atoms with Crippen molar-refractivity contribution in [2.75, 3.05) is 26.8 Å². The van der Waals surface area contributed by atoms with Crippen molar-refractivity contribution in [2.24, 2.45) is 4.99 Å². The Morgan fingerprint density at radius 2 is 1.50 bits per heavy atom. The van der Waals surface area contributed by atoms with Gasteiger partial charge < -0.3 is 14.8 Å². The average Bonchev–Trinajstić information content (AvgIpc) is 3.58. The molecule has 0 aromatic heterocycles. The first kappa shape index (κ1) is 28.7. The van der Waals surface area contributed by atoms with E-state index in [1.54, 1.807) is 12.1 Å². The van der Waals surface area contributed by atoms with Crippen LogP contribution in [-0.2, 0) is 21.1 Å². The largest absolute Gasteiger partial charge is 0.495 e. The predicted molar refractivity (Wildman–Crippen MR) is 159 cm³/mol. The molecule has 0 radical (unpaired) electrons. The van der Waals surface area contributed by atoms with Crippen molar-refractivity contribution < 1.29 is 17.9 Å². The Hall–Kier alpha value is -2.78. The van der Waals surface area contributed by atoms with Crippen LogP contribution in [0, 0.1) is 0 Å². The summed E-state index contributed by atoms with van der Waals surface area (Å²) in [6.45, 7) is 7.35. The number of hydrogen-bond donors (Lipinski definition) is 1. The van der Waals surface area contributed by atoms with E-state index in [0.717, 1.165) is 24.0 Å². The van der Waals surface area contributed by atoms with Crippen LogP contribution in [0.4, 0.5) is 0 Å². The third-order valence-electron chi connectivity index (χ3n) is 8.01. The van der Waals surface area contributed by atoms with Gasteiger partial charge in [-0.25, -0.2) is 8.42 Å². The van der Waals surface area contributed by atoms with E-state index >= 15 is 0 Å². The van der Waals surface area contributed by atoms with Crippen LogP contribution in [-0.4, -0.2) is 45.4 Å². The number of hydrogen-bond acceptors (Lipinski definition) is 6. The van der Waals surface area contributed by atoms with Gasteiger partial charge in [0.2, 0.25) is 10.0 Å². The van der Waals surface area contributed by atoms with E-state index in [9.17, 15) is 8.42 Å². The van der Waals surface area contributed by atoms with Gasteiger partial charge in [-0.2, -0.15) is 4.31 Å². The molecule has 2 aliphatic heterocycles. The lowest BCUT2D eigenvalue weighted by atomic mass is 9.72. The highest BCUT2D eigenvalue weighted by Gasteiger charge is 2.52. The number of nitrogens with zero attached hydrogens (tertiary/aromatic N) is 2. The van der Waals surface area contributed by atoms with Crippen molar-refractivity contribution in [1.82, 2.24) is 9.62 Å². The SMILES string of the molecule is CCOc1cc(OC)c(S(=O)(=O)N2CCCC2)cc1C1=N[C@](C)(c2ccc(Cl)cc2)[C@](C)(c2ccc(Cl)cc2)N1. The molecular formula is C30H33Cl2N3O4S. The third kappa shape index (κ3) is 4.85. The second-order valence-corrected chi connectivity index (χ2v) is 13.1. The summed E-state index contributed by atoms with van der Waals surface area (Å²) in [5, 5.41) is 4.91. The first-order valence-electron chi connectivity index (χ1n) is 13.3. The Labute approximate surface area is 246 Å². The third-order valence-corrected chi connectivity index (χ3v) is 10.4. The van der Waals surface area contributed by atoms with Crippen molar-refractivity contribution in [2.45, 2.75) is 49.6 Å². The van der Waals surface area contributed by atoms with Crippen LogP contribution in [0.3, 0.4) is 0 Å². The van der Waals surface area contributed by atoms with Gasteiger partial charge in [0.25, 0.3) is 0 Å². The van der Waals surface area contributed by atoms with E-state index < -0.39 is 21.1 Å². The second kappa shape index (κ2) is 10.9. The van der Waals surface area contributed by atoms with Crippen molar-refractivity contribution in [3.63, 3.8) is 0 Å². The molecule has 212 valence electrons. The molecule has 0 aliphatic carbocycles. The molecular weight excluding hydrogens is 569 g/mol. The van der Waals surface area contributed by atoms with Gasteiger partial charge in [-0.15, -0.1) is 0 Å². The molecule has 0 spiro atoms. The van der Waals surface area contributed by atoms with Crippen LogP contribution in [0.2, 0.25) is 10.0 Å². The maximum atomic E-state index is 13.7. The summed E-state index contributed by atoms with van der Waals surface area (Å²) in [6, 6.07) is 18.5. The number of nitrogens with one attached hydrogen (secondary N) is 1. The molecule has 2 atom stereocenters. The topological polar surface area (TPSA) is 80.2 Å². The molecule has 2 heterocycles. The van der Waals surface area contributed by atoms with Crippen LogP contribution in [0.1, 0.15) is 50.3 Å². The van der Waals surface area contributed by atoms with Crippen molar-refractivity contribution in [1.29, 1.82) is 0 Å². The Morgan fingerprint density at radius 3 is 2.05 bits per heavy atom. The number of benzene rings is 3. The lowest BCUT2D eigenvalue weighted by molar-refractivity contribution is 0.268. The normalized spacial score (nSPS) is 23.1. The van der Waals surface area contributed by atoms with E-state index in [2.05, 4.69) is 19.2 Å². The predicted octanol–water partition coefficient (Wildman–Crippen LogP) is 6.37. The van der Waals surface area contributed by atoms with E-state index in [1.807, 2.05) is 55.5 Å². The van der Waals surface area contributed by atoms with E-state index in [-0.39, 0.29) is 10.6 Å². The number of amidine groups is 1. The van der Waals surface area contributed by atoms with Gasteiger partial charge >= 0.3 is 0 Å². The van der Waals surface area contributed by atoms with Crippen molar-refractivity contribution in [3.8, 4) is 11.5 Å². The highest BCUT2D eigenvalue weighted by Crippen LogP contribution is 2.49. The molecule has 0 unspecified atom stereocenters. The van der Waals surface area contributed by atoms with Crippen molar-refractivity contribution >= 4 is 39.1 Å². The maximum Gasteiger partial charge on any atom is 0.246 e. The summed E-state index contributed by atoms with van der Waals surface area (Å²) in [5.41, 5.74) is 0.895. The number of halogens is 2. The van der Waals surface area contributed by atoms with Crippen LogP contribution in [0.25, 0.3) is 0 Å². The lowest BCUT2D eigenvalue weighted by Crippen LogP contribution is -2.50. The zero-order valence-electron chi connectivity index (χ0n) is 23.0. The molecule has 1 fully saturated rings. The highest BCUT2D eigenvalue weighted by atomic mass is 35.5. The zero-order valence-corrected chi connectivity index (χ0v) is 25.3. The number of rotatable bonds is 8. The van der Waals surface area contributed by atoms with E-state index in [4.69, 9.17) is 37.7 Å². The number of methoxy groups -OCH3 is 1. The summed E-state index contributed by atoms with van der Waals surface area (Å²) in [5.74, 6) is 1.22. The van der Waals surface area contributed by atoms with Gasteiger partial charge in [-0.1, -0.05) is 47.5 Å². The number of ether oxygens (including phenoxy) is 2. The van der Waals surface area contributed by atoms with Crippen molar-refractivity contribution in [3.05, 3.63) is 87.4 Å². The molecule has 7 nitrogen and oxygen atoms in total.